The lowest BCUT2D eigenvalue weighted by Crippen LogP contribution is -2.34. The van der Waals surface area contributed by atoms with Crippen LogP contribution in [0, 0.1) is 11.6 Å². The topological polar surface area (TPSA) is 63.6 Å². The van der Waals surface area contributed by atoms with Crippen molar-refractivity contribution in [2.24, 2.45) is 0 Å². The molecular weight excluding hydrogens is 222 g/mol. The molecule has 84 valence electrons. The van der Waals surface area contributed by atoms with Gasteiger partial charge in [-0.05, 0) is 6.07 Å². The van der Waals surface area contributed by atoms with Gasteiger partial charge in [-0.1, -0.05) is 0 Å². The van der Waals surface area contributed by atoms with E-state index in [2.05, 4.69) is 4.74 Å². The van der Waals surface area contributed by atoms with Crippen LogP contribution in [0.5, 0.6) is 0 Å². The molecule has 0 aromatic heterocycles. The number of hydrogen-bond donors (Lipinski definition) is 1. The first-order chi connectivity index (χ1) is 7.49. The van der Waals surface area contributed by atoms with Crippen molar-refractivity contribution in [1.82, 2.24) is 0 Å². The number of cyclic esters (lactones) is 1. The average Bonchev–Trinajstić information content (AvgIpc) is 2.19. The Morgan fingerprint density at radius 2 is 2.12 bits per heavy atom. The van der Waals surface area contributed by atoms with E-state index in [0.717, 1.165) is 6.07 Å². The van der Waals surface area contributed by atoms with Crippen LogP contribution in [0.2, 0.25) is 0 Å². The largest absolute Gasteiger partial charge is 0.478 e. The molecule has 2 rings (SSSR count). The summed E-state index contributed by atoms with van der Waals surface area (Å²) in [4.78, 5) is 21.9. The average molecular weight is 228 g/mol. The van der Waals surface area contributed by atoms with Crippen LogP contribution in [0.25, 0.3) is 0 Å². The Bertz CT molecular complexity index is 484. The number of benzene rings is 1. The Labute approximate surface area is 88.4 Å². The van der Waals surface area contributed by atoms with Gasteiger partial charge in [0.1, 0.15) is 11.6 Å². The molecule has 1 unspecified atom stereocenters. The van der Waals surface area contributed by atoms with E-state index >= 15 is 0 Å². The molecule has 1 heterocycles. The third kappa shape index (κ3) is 1.62. The van der Waals surface area contributed by atoms with E-state index in [1.165, 1.54) is 0 Å². The fourth-order valence-corrected chi connectivity index (χ4v) is 1.55. The monoisotopic (exact) mass is 228 g/mol. The van der Waals surface area contributed by atoms with Gasteiger partial charge in [-0.25, -0.2) is 18.4 Å². The molecule has 0 radical (unpaired) electrons. The van der Waals surface area contributed by atoms with Crippen LogP contribution in [0.1, 0.15) is 15.9 Å². The summed E-state index contributed by atoms with van der Waals surface area (Å²) in [6, 6.07) is 1.44. The van der Waals surface area contributed by atoms with Crippen LogP contribution in [0.4, 0.5) is 8.78 Å². The van der Waals surface area contributed by atoms with Crippen molar-refractivity contribution in [3.8, 4) is 0 Å². The van der Waals surface area contributed by atoms with Crippen LogP contribution < -0.4 is 0 Å². The number of fused-ring (bicyclic) bond motifs is 1. The maximum absolute atomic E-state index is 13.3. The molecule has 6 heteroatoms. The van der Waals surface area contributed by atoms with Crippen molar-refractivity contribution < 1.29 is 28.2 Å². The Kier molecular flexibility index (Phi) is 2.34. The van der Waals surface area contributed by atoms with Crippen LogP contribution in [0.3, 0.4) is 0 Å². The second kappa shape index (κ2) is 3.55. The zero-order valence-electron chi connectivity index (χ0n) is 7.87. The minimum Gasteiger partial charge on any atom is -0.478 e. The molecular formula is C10H6F2O4. The van der Waals surface area contributed by atoms with Gasteiger partial charge in [-0.2, -0.15) is 0 Å². The molecule has 1 aliphatic heterocycles. The standard InChI is InChI=1S/C10H6F2O4/c11-4-1-6-5(7(12)2-4)3-8(9(13)14)16-10(6)15/h1-2,8H,3H2,(H,13,14). The summed E-state index contributed by atoms with van der Waals surface area (Å²) in [7, 11) is 0. The molecule has 0 aliphatic carbocycles. The van der Waals surface area contributed by atoms with Crippen molar-refractivity contribution in [3.63, 3.8) is 0 Å². The van der Waals surface area contributed by atoms with Gasteiger partial charge in [0.15, 0.2) is 0 Å². The van der Waals surface area contributed by atoms with Gasteiger partial charge in [0, 0.05) is 18.1 Å². The van der Waals surface area contributed by atoms with Gasteiger partial charge < -0.3 is 9.84 Å². The molecule has 0 saturated heterocycles. The summed E-state index contributed by atoms with van der Waals surface area (Å²) < 4.78 is 30.6. The maximum atomic E-state index is 13.3. The Balaban J connectivity index is 2.50. The van der Waals surface area contributed by atoms with Gasteiger partial charge in [-0.3, -0.25) is 0 Å². The van der Waals surface area contributed by atoms with Crippen molar-refractivity contribution in [2.45, 2.75) is 12.5 Å². The fourth-order valence-electron chi connectivity index (χ4n) is 1.55. The highest BCUT2D eigenvalue weighted by Gasteiger charge is 2.33. The van der Waals surface area contributed by atoms with Gasteiger partial charge in [0.05, 0.1) is 5.56 Å². The summed E-state index contributed by atoms with van der Waals surface area (Å²) in [6.45, 7) is 0. The number of ether oxygens (including phenoxy) is 1. The van der Waals surface area contributed by atoms with Crippen LogP contribution in [0.15, 0.2) is 12.1 Å². The third-order valence-corrected chi connectivity index (χ3v) is 2.29. The molecule has 0 saturated carbocycles. The number of aliphatic carboxylic acids is 1. The van der Waals surface area contributed by atoms with E-state index < -0.39 is 29.7 Å². The lowest BCUT2D eigenvalue weighted by atomic mass is 9.98. The van der Waals surface area contributed by atoms with Crippen molar-refractivity contribution >= 4 is 11.9 Å². The number of rotatable bonds is 1. The van der Waals surface area contributed by atoms with Crippen molar-refractivity contribution in [3.05, 3.63) is 34.9 Å². The molecule has 1 aliphatic rings. The number of hydrogen-bond acceptors (Lipinski definition) is 3. The number of halogens is 2. The predicted octanol–water partition coefficient (Wildman–Crippen LogP) is 1.13. The zero-order valence-corrected chi connectivity index (χ0v) is 7.87. The van der Waals surface area contributed by atoms with Gasteiger partial charge in [0.25, 0.3) is 0 Å². The SMILES string of the molecule is O=C1OC(C(=O)O)Cc2c(F)cc(F)cc21. The van der Waals surface area contributed by atoms with E-state index in [0.29, 0.717) is 6.07 Å². The minimum atomic E-state index is -1.42. The summed E-state index contributed by atoms with van der Waals surface area (Å²) in [5, 5.41) is 8.65. The molecule has 1 N–H and O–H groups in total. The van der Waals surface area contributed by atoms with Gasteiger partial charge >= 0.3 is 11.9 Å². The second-order valence-electron chi connectivity index (χ2n) is 3.35. The quantitative estimate of drug-likeness (QED) is 0.732. The van der Waals surface area contributed by atoms with Crippen LogP contribution in [-0.2, 0) is 16.0 Å². The van der Waals surface area contributed by atoms with Crippen LogP contribution in [-0.4, -0.2) is 23.1 Å². The third-order valence-electron chi connectivity index (χ3n) is 2.29. The fraction of sp³-hybridized carbons (Fsp3) is 0.200. The van der Waals surface area contributed by atoms with E-state index in [9.17, 15) is 18.4 Å². The minimum absolute atomic E-state index is 0.120. The lowest BCUT2D eigenvalue weighted by Gasteiger charge is -2.21. The Morgan fingerprint density at radius 1 is 1.44 bits per heavy atom. The first-order valence-corrected chi connectivity index (χ1v) is 4.40. The second-order valence-corrected chi connectivity index (χ2v) is 3.35. The molecule has 0 fully saturated rings. The smallest absolute Gasteiger partial charge is 0.345 e. The van der Waals surface area contributed by atoms with Crippen molar-refractivity contribution in [1.29, 1.82) is 0 Å². The first-order valence-electron chi connectivity index (χ1n) is 4.40. The van der Waals surface area contributed by atoms with Gasteiger partial charge in [-0.15, -0.1) is 0 Å². The number of carboxylic acid groups (broad SMARTS) is 1. The molecule has 0 bridgehead atoms. The summed E-state index contributed by atoms with van der Waals surface area (Å²) in [5.74, 6) is -4.21. The molecule has 1 aromatic rings. The predicted molar refractivity (Wildman–Crippen MR) is 46.9 cm³/mol. The van der Waals surface area contributed by atoms with E-state index in [-0.39, 0.29) is 17.5 Å². The molecule has 1 aromatic carbocycles. The highest BCUT2D eigenvalue weighted by Crippen LogP contribution is 2.24. The molecule has 16 heavy (non-hydrogen) atoms. The van der Waals surface area contributed by atoms with E-state index in [1.54, 1.807) is 0 Å². The molecule has 0 amide bonds. The lowest BCUT2D eigenvalue weighted by molar-refractivity contribution is -0.147. The Hall–Kier alpha value is -1.98. The first kappa shape index (κ1) is 10.5. The van der Waals surface area contributed by atoms with Crippen molar-refractivity contribution in [2.75, 3.05) is 0 Å². The summed E-state index contributed by atoms with van der Waals surface area (Å²) >= 11 is 0. The number of esters is 1. The summed E-state index contributed by atoms with van der Waals surface area (Å²) in [6.07, 6.45) is -1.71. The number of carboxylic acids is 1. The summed E-state index contributed by atoms with van der Waals surface area (Å²) in [5.41, 5.74) is -0.375. The van der Waals surface area contributed by atoms with Gasteiger partial charge in [0.2, 0.25) is 6.10 Å². The van der Waals surface area contributed by atoms with E-state index in [1.807, 2.05) is 0 Å². The normalized spacial score (nSPS) is 18.9. The Morgan fingerprint density at radius 3 is 2.75 bits per heavy atom. The highest BCUT2D eigenvalue weighted by atomic mass is 19.1. The molecule has 1 atom stereocenters. The molecule has 4 nitrogen and oxygen atoms in total. The highest BCUT2D eigenvalue weighted by molar-refractivity contribution is 5.94. The number of carbonyl (C=O) groups excluding carboxylic acids is 1. The maximum Gasteiger partial charge on any atom is 0.345 e. The zero-order chi connectivity index (χ0) is 11.9. The molecule has 0 spiro atoms. The van der Waals surface area contributed by atoms with E-state index in [4.69, 9.17) is 5.11 Å². The van der Waals surface area contributed by atoms with Crippen LogP contribution >= 0.6 is 0 Å². The number of carbonyl (C=O) groups is 2.